The van der Waals surface area contributed by atoms with Crippen molar-refractivity contribution in [1.29, 1.82) is 0 Å². The van der Waals surface area contributed by atoms with Gasteiger partial charge in [0.25, 0.3) is 5.91 Å². The van der Waals surface area contributed by atoms with Gasteiger partial charge in [0.15, 0.2) is 0 Å². The van der Waals surface area contributed by atoms with Crippen LogP contribution >= 0.6 is 0 Å². The first-order chi connectivity index (χ1) is 18.0. The van der Waals surface area contributed by atoms with Crippen molar-refractivity contribution < 1.29 is 19.1 Å². The normalized spacial score (nSPS) is 13.4. The van der Waals surface area contributed by atoms with Gasteiger partial charge in [0.1, 0.15) is 17.7 Å². The molecule has 7 nitrogen and oxygen atoms in total. The van der Waals surface area contributed by atoms with Gasteiger partial charge in [-0.25, -0.2) is 4.79 Å². The maximum absolute atomic E-state index is 14.5. The Hall–Kier alpha value is -3.35. The van der Waals surface area contributed by atoms with Gasteiger partial charge >= 0.3 is 6.09 Å². The van der Waals surface area contributed by atoms with E-state index in [0.717, 1.165) is 22.3 Å². The van der Waals surface area contributed by atoms with E-state index < -0.39 is 29.3 Å². The molecule has 0 bridgehead atoms. The summed E-state index contributed by atoms with van der Waals surface area (Å²) in [6.07, 6.45) is -0.0773. The van der Waals surface area contributed by atoms with Crippen molar-refractivity contribution in [2.45, 2.75) is 106 Å². The van der Waals surface area contributed by atoms with E-state index >= 15 is 0 Å². The molecule has 0 saturated heterocycles. The van der Waals surface area contributed by atoms with E-state index in [0.29, 0.717) is 12.1 Å². The fourth-order valence-corrected chi connectivity index (χ4v) is 4.59. The Morgan fingerprint density at radius 2 is 1.41 bits per heavy atom. The molecule has 39 heavy (non-hydrogen) atoms. The van der Waals surface area contributed by atoms with Crippen molar-refractivity contribution in [3.8, 4) is 0 Å². The molecule has 0 spiro atoms. The summed E-state index contributed by atoms with van der Waals surface area (Å²) >= 11 is 0. The number of para-hydroxylation sites is 1. The van der Waals surface area contributed by atoms with Crippen LogP contribution in [0.15, 0.2) is 42.5 Å². The lowest BCUT2D eigenvalue weighted by Gasteiger charge is -2.45. The smallest absolute Gasteiger partial charge is 0.408 e. The minimum atomic E-state index is -0.935. The first-order valence-corrected chi connectivity index (χ1v) is 13.8. The molecule has 0 aliphatic rings. The second-order valence-corrected chi connectivity index (χ2v) is 12.3. The molecule has 0 saturated carbocycles. The number of carbonyl (C=O) groups excluding carboxylic acids is 3. The number of rotatable bonds is 9. The Labute approximate surface area is 234 Å². The van der Waals surface area contributed by atoms with Gasteiger partial charge in [-0.15, -0.1) is 0 Å². The summed E-state index contributed by atoms with van der Waals surface area (Å²) in [5.74, 6) is -0.898. The average molecular weight is 538 g/mol. The van der Waals surface area contributed by atoms with Crippen molar-refractivity contribution in [1.82, 2.24) is 10.2 Å². The lowest BCUT2D eigenvalue weighted by atomic mass is 9.87. The first kappa shape index (κ1) is 31.9. The molecule has 3 amide bonds. The number of nitrogens with one attached hydrogen (secondary N) is 2. The summed E-state index contributed by atoms with van der Waals surface area (Å²) in [6, 6.07) is 11.6. The van der Waals surface area contributed by atoms with Crippen LogP contribution in [0.3, 0.4) is 0 Å². The number of amides is 3. The number of hydrogen-bond donors (Lipinski definition) is 2. The Morgan fingerprint density at radius 1 is 0.872 bits per heavy atom. The van der Waals surface area contributed by atoms with Gasteiger partial charge in [0.2, 0.25) is 5.91 Å². The predicted molar refractivity (Wildman–Crippen MR) is 158 cm³/mol. The van der Waals surface area contributed by atoms with Crippen LogP contribution in [0.5, 0.6) is 0 Å². The molecule has 0 aromatic heterocycles. The lowest BCUT2D eigenvalue weighted by molar-refractivity contribution is -0.148. The van der Waals surface area contributed by atoms with E-state index in [-0.39, 0.29) is 17.7 Å². The number of aryl methyl sites for hydroxylation is 3. The maximum Gasteiger partial charge on any atom is 0.408 e. The van der Waals surface area contributed by atoms with Crippen molar-refractivity contribution >= 4 is 23.6 Å². The fourth-order valence-electron chi connectivity index (χ4n) is 4.59. The molecule has 2 unspecified atom stereocenters. The highest BCUT2D eigenvalue weighted by Gasteiger charge is 2.44. The molecule has 2 aromatic rings. The average Bonchev–Trinajstić information content (AvgIpc) is 2.81. The van der Waals surface area contributed by atoms with Crippen molar-refractivity contribution in [3.63, 3.8) is 0 Å². The molecule has 214 valence electrons. The highest BCUT2D eigenvalue weighted by Crippen LogP contribution is 2.36. The summed E-state index contributed by atoms with van der Waals surface area (Å²) in [4.78, 5) is 43.3. The lowest BCUT2D eigenvalue weighted by Crippen LogP contribution is -2.60. The number of alkyl carbamates (subject to hydrolysis) is 1. The Morgan fingerprint density at radius 3 is 1.90 bits per heavy atom. The Balaban J connectivity index is 2.72. The van der Waals surface area contributed by atoms with Crippen LogP contribution in [-0.4, -0.2) is 40.0 Å². The second-order valence-electron chi connectivity index (χ2n) is 12.3. The molecule has 0 aliphatic carbocycles. The second kappa shape index (κ2) is 12.7. The zero-order valence-corrected chi connectivity index (χ0v) is 25.6. The third-order valence-electron chi connectivity index (χ3n) is 7.08. The standard InChI is InChI=1S/C32H47N3O4/c1-12-32(10,11)35(29(37)26(20(2)3)34-30(38)39-31(7,8)9)27(25-22(5)17-15-18-23(25)6)28(36)33-24-19-14-13-16-21(24)4/h13-20,26-27H,12H2,1-11H3,(H,33,36)(H,34,38). The number of hydrogen-bond acceptors (Lipinski definition) is 4. The zero-order chi connectivity index (χ0) is 29.7. The summed E-state index contributed by atoms with van der Waals surface area (Å²) in [6.45, 7) is 20.8. The molecule has 0 radical (unpaired) electrons. The highest BCUT2D eigenvalue weighted by molar-refractivity contribution is 6.00. The summed E-state index contributed by atoms with van der Waals surface area (Å²) in [5.41, 5.74) is 2.76. The molecule has 0 aliphatic heterocycles. The third kappa shape index (κ3) is 8.07. The number of ether oxygens (including phenoxy) is 1. The number of anilines is 1. The van der Waals surface area contributed by atoms with Crippen molar-refractivity contribution in [2.24, 2.45) is 5.92 Å². The predicted octanol–water partition coefficient (Wildman–Crippen LogP) is 6.86. The van der Waals surface area contributed by atoms with Gasteiger partial charge in [-0.2, -0.15) is 0 Å². The Kier molecular flexibility index (Phi) is 10.4. The van der Waals surface area contributed by atoms with Gasteiger partial charge in [-0.05, 0) is 96.0 Å². The van der Waals surface area contributed by atoms with Crippen LogP contribution in [-0.2, 0) is 14.3 Å². The molecule has 2 rings (SSSR count). The van der Waals surface area contributed by atoms with E-state index in [2.05, 4.69) is 10.6 Å². The summed E-state index contributed by atoms with van der Waals surface area (Å²) < 4.78 is 5.48. The molecule has 2 atom stereocenters. The van der Waals surface area contributed by atoms with E-state index in [1.807, 2.05) is 97.9 Å². The van der Waals surface area contributed by atoms with Crippen molar-refractivity contribution in [3.05, 3.63) is 64.7 Å². The van der Waals surface area contributed by atoms with E-state index in [9.17, 15) is 14.4 Å². The molecular formula is C32H47N3O4. The highest BCUT2D eigenvalue weighted by atomic mass is 16.6. The minimum Gasteiger partial charge on any atom is -0.444 e. The number of nitrogens with zero attached hydrogens (tertiary/aromatic N) is 1. The fraction of sp³-hybridized carbons (Fsp3) is 0.531. The molecule has 7 heteroatoms. The van der Waals surface area contributed by atoms with Crippen molar-refractivity contribution in [2.75, 3.05) is 5.32 Å². The van der Waals surface area contributed by atoms with Crippen LogP contribution in [0.1, 0.15) is 90.1 Å². The van der Waals surface area contributed by atoms with Gasteiger partial charge in [-0.3, -0.25) is 9.59 Å². The van der Waals surface area contributed by atoms with Gasteiger partial charge in [0, 0.05) is 11.2 Å². The van der Waals surface area contributed by atoms with Crippen LogP contribution < -0.4 is 10.6 Å². The first-order valence-electron chi connectivity index (χ1n) is 13.8. The number of carbonyl (C=O) groups is 3. The van der Waals surface area contributed by atoms with Gasteiger partial charge < -0.3 is 20.3 Å². The largest absolute Gasteiger partial charge is 0.444 e. The minimum absolute atomic E-state index is 0.252. The molecular weight excluding hydrogens is 490 g/mol. The van der Waals surface area contributed by atoms with Crippen LogP contribution in [0.2, 0.25) is 0 Å². The van der Waals surface area contributed by atoms with Gasteiger partial charge in [0.05, 0.1) is 0 Å². The Bertz CT molecular complexity index is 1160. The monoisotopic (exact) mass is 537 g/mol. The molecule has 2 N–H and O–H groups in total. The van der Waals surface area contributed by atoms with Crippen LogP contribution in [0.4, 0.5) is 10.5 Å². The summed E-state index contributed by atoms with van der Waals surface area (Å²) in [7, 11) is 0. The quantitative estimate of drug-likeness (QED) is 0.366. The van der Waals surface area contributed by atoms with E-state index in [1.54, 1.807) is 25.7 Å². The number of benzene rings is 2. The van der Waals surface area contributed by atoms with Crippen LogP contribution in [0, 0.1) is 26.7 Å². The topological polar surface area (TPSA) is 87.7 Å². The van der Waals surface area contributed by atoms with E-state index in [1.165, 1.54) is 0 Å². The molecule has 0 fully saturated rings. The van der Waals surface area contributed by atoms with E-state index in [4.69, 9.17) is 4.74 Å². The maximum atomic E-state index is 14.5. The zero-order valence-electron chi connectivity index (χ0n) is 25.6. The molecule has 2 aromatic carbocycles. The van der Waals surface area contributed by atoms with Gasteiger partial charge in [-0.1, -0.05) is 57.2 Å². The third-order valence-corrected chi connectivity index (χ3v) is 7.08. The summed E-state index contributed by atoms with van der Waals surface area (Å²) in [5, 5.41) is 5.89. The molecule has 0 heterocycles. The SMILES string of the molecule is CCC(C)(C)N(C(=O)C(NC(=O)OC(C)(C)C)C(C)C)C(C(=O)Nc1ccccc1C)c1c(C)cccc1C. The van der Waals surface area contributed by atoms with Crippen LogP contribution in [0.25, 0.3) is 0 Å².